The molecule has 6 nitrogen and oxygen atoms in total. The van der Waals surface area contributed by atoms with Crippen LogP contribution < -0.4 is 11.1 Å². The number of hydrogen-bond donors (Lipinski definition) is 3. The lowest BCUT2D eigenvalue weighted by molar-refractivity contribution is 0.594. The van der Waals surface area contributed by atoms with Crippen LogP contribution in [0.1, 0.15) is 41.3 Å². The first kappa shape index (κ1) is 14.2. The molecule has 1 aromatic carbocycles. The van der Waals surface area contributed by atoms with Crippen molar-refractivity contribution in [3.8, 4) is 0 Å². The first-order chi connectivity index (χ1) is 12.3. The van der Waals surface area contributed by atoms with Crippen LogP contribution in [0.2, 0.25) is 0 Å². The fourth-order valence-corrected chi connectivity index (χ4v) is 3.39. The van der Waals surface area contributed by atoms with E-state index in [0.29, 0.717) is 11.8 Å². The van der Waals surface area contributed by atoms with Crippen molar-refractivity contribution < 1.29 is 0 Å². The third-order valence-electron chi connectivity index (χ3n) is 4.88. The molecular formula is C19H18N6. The van der Waals surface area contributed by atoms with Gasteiger partial charge in [0.25, 0.3) is 0 Å². The van der Waals surface area contributed by atoms with Crippen molar-refractivity contribution in [1.29, 1.82) is 0 Å². The highest BCUT2D eigenvalue weighted by Crippen LogP contribution is 2.43. The highest BCUT2D eigenvalue weighted by atomic mass is 15.2. The zero-order valence-electron chi connectivity index (χ0n) is 13.6. The van der Waals surface area contributed by atoms with Gasteiger partial charge in [0.15, 0.2) is 0 Å². The second-order valence-corrected chi connectivity index (χ2v) is 6.60. The molecule has 4 N–H and O–H groups in total. The number of nitrogens with zero attached hydrogens (tertiary/aromatic N) is 3. The topological polar surface area (TPSA) is 92.0 Å². The number of aliphatic imine (C=N–C) groups is 1. The third-order valence-corrected chi connectivity index (χ3v) is 4.88. The smallest absolute Gasteiger partial charge is 0.202 e. The molecule has 1 aliphatic heterocycles. The molecule has 1 saturated carbocycles. The molecule has 25 heavy (non-hydrogen) atoms. The molecule has 2 aromatic heterocycles. The van der Waals surface area contributed by atoms with E-state index in [9.17, 15) is 0 Å². The van der Waals surface area contributed by atoms with Gasteiger partial charge in [-0.2, -0.15) is 5.10 Å². The first-order valence-electron chi connectivity index (χ1n) is 8.45. The molecule has 0 saturated heterocycles. The standard InChI is InChI=1S/C19H18N6/c20-18-14-8-9-21-11-16(14)22-19(23-18,13-4-2-1-3-5-13)17-10-15(24-25-17)12-6-7-12/h1-5,8-12,22H,6-7H2,(H2,20,23)(H,24,25). The van der Waals surface area contributed by atoms with E-state index in [1.165, 1.54) is 12.8 Å². The van der Waals surface area contributed by atoms with Gasteiger partial charge in [-0.05, 0) is 25.0 Å². The zero-order valence-corrected chi connectivity index (χ0v) is 13.6. The van der Waals surface area contributed by atoms with E-state index < -0.39 is 5.66 Å². The van der Waals surface area contributed by atoms with Crippen LogP contribution in [0.5, 0.6) is 0 Å². The quantitative estimate of drug-likeness (QED) is 0.688. The molecule has 0 amide bonds. The molecule has 0 radical (unpaired) electrons. The number of rotatable bonds is 3. The van der Waals surface area contributed by atoms with Gasteiger partial charge >= 0.3 is 0 Å². The van der Waals surface area contributed by atoms with Gasteiger partial charge in [-0.25, -0.2) is 4.99 Å². The molecule has 0 bridgehead atoms. The number of benzene rings is 1. The normalized spacial score (nSPS) is 22.0. The minimum Gasteiger partial charge on any atom is -0.383 e. The predicted octanol–water partition coefficient (Wildman–Crippen LogP) is 2.71. The van der Waals surface area contributed by atoms with Crippen molar-refractivity contribution in [3.63, 3.8) is 0 Å². The van der Waals surface area contributed by atoms with Gasteiger partial charge in [0.1, 0.15) is 11.5 Å². The molecule has 0 spiro atoms. The fourth-order valence-electron chi connectivity index (χ4n) is 3.39. The molecule has 6 heteroatoms. The van der Waals surface area contributed by atoms with E-state index in [4.69, 9.17) is 10.7 Å². The van der Waals surface area contributed by atoms with E-state index in [-0.39, 0.29) is 0 Å². The summed E-state index contributed by atoms with van der Waals surface area (Å²) in [6.07, 6.45) is 5.93. The molecule has 124 valence electrons. The summed E-state index contributed by atoms with van der Waals surface area (Å²) >= 11 is 0. The zero-order chi connectivity index (χ0) is 16.9. The van der Waals surface area contributed by atoms with Crippen LogP contribution in [-0.4, -0.2) is 21.0 Å². The summed E-state index contributed by atoms with van der Waals surface area (Å²) in [7, 11) is 0. The second kappa shape index (κ2) is 5.17. The number of fused-ring (bicyclic) bond motifs is 1. The lowest BCUT2D eigenvalue weighted by Crippen LogP contribution is -2.41. The van der Waals surface area contributed by atoms with Crippen LogP contribution in [0.3, 0.4) is 0 Å². The number of anilines is 1. The molecule has 1 fully saturated rings. The predicted molar refractivity (Wildman–Crippen MR) is 96.4 cm³/mol. The SMILES string of the molecule is NC1=NC(c2ccccc2)(c2cc(C3CC3)[nH]n2)Nc2cnccc21. The van der Waals surface area contributed by atoms with Crippen molar-refractivity contribution >= 4 is 11.5 Å². The largest absolute Gasteiger partial charge is 0.383 e. The van der Waals surface area contributed by atoms with E-state index >= 15 is 0 Å². The highest BCUT2D eigenvalue weighted by Gasteiger charge is 2.41. The van der Waals surface area contributed by atoms with Crippen LogP contribution in [0.15, 0.2) is 59.9 Å². The summed E-state index contributed by atoms with van der Waals surface area (Å²) in [6.45, 7) is 0. The molecule has 5 rings (SSSR count). The van der Waals surface area contributed by atoms with Crippen LogP contribution in [0.25, 0.3) is 0 Å². The summed E-state index contributed by atoms with van der Waals surface area (Å²) in [5.41, 5.74) is 10.2. The minimum atomic E-state index is -0.856. The van der Waals surface area contributed by atoms with Crippen molar-refractivity contribution in [3.05, 3.63) is 77.4 Å². The fraction of sp³-hybridized carbons (Fsp3) is 0.211. The number of aromatic nitrogens is 3. The average molecular weight is 330 g/mol. The van der Waals surface area contributed by atoms with Gasteiger partial charge in [0.05, 0.1) is 11.9 Å². The summed E-state index contributed by atoms with van der Waals surface area (Å²) < 4.78 is 0. The van der Waals surface area contributed by atoms with Gasteiger partial charge in [0.2, 0.25) is 5.66 Å². The van der Waals surface area contributed by atoms with Gasteiger partial charge < -0.3 is 11.1 Å². The maximum atomic E-state index is 6.32. The summed E-state index contributed by atoms with van der Waals surface area (Å²) in [5, 5.41) is 11.3. The Morgan fingerprint density at radius 1 is 1.12 bits per heavy atom. The number of nitrogens with one attached hydrogen (secondary N) is 2. The molecule has 1 aliphatic carbocycles. The van der Waals surface area contributed by atoms with Crippen LogP contribution >= 0.6 is 0 Å². The Morgan fingerprint density at radius 3 is 2.76 bits per heavy atom. The van der Waals surface area contributed by atoms with E-state index in [1.807, 2.05) is 36.4 Å². The molecule has 3 heterocycles. The molecule has 1 atom stereocenters. The van der Waals surface area contributed by atoms with Crippen LogP contribution in [0, 0.1) is 0 Å². The van der Waals surface area contributed by atoms with Gasteiger partial charge in [-0.15, -0.1) is 0 Å². The maximum absolute atomic E-state index is 6.32. The van der Waals surface area contributed by atoms with E-state index in [1.54, 1.807) is 12.4 Å². The van der Waals surface area contributed by atoms with Crippen molar-refractivity contribution in [1.82, 2.24) is 15.2 Å². The number of nitrogens with two attached hydrogens (primary N) is 1. The summed E-state index contributed by atoms with van der Waals surface area (Å²) in [5.74, 6) is 1.07. The minimum absolute atomic E-state index is 0.482. The number of pyridine rings is 1. The van der Waals surface area contributed by atoms with Crippen LogP contribution in [-0.2, 0) is 5.66 Å². The maximum Gasteiger partial charge on any atom is 0.202 e. The van der Waals surface area contributed by atoms with E-state index in [0.717, 1.165) is 28.2 Å². The van der Waals surface area contributed by atoms with Crippen LogP contribution in [0.4, 0.5) is 5.69 Å². The number of H-pyrrole nitrogens is 1. The third kappa shape index (κ3) is 2.21. The Balaban J connectivity index is 1.71. The Bertz CT molecular complexity index is 957. The Kier molecular flexibility index (Phi) is 2.94. The van der Waals surface area contributed by atoms with Gasteiger partial charge in [-0.3, -0.25) is 10.1 Å². The molecule has 1 unspecified atom stereocenters. The highest BCUT2D eigenvalue weighted by molar-refractivity contribution is 6.04. The monoisotopic (exact) mass is 330 g/mol. The first-order valence-corrected chi connectivity index (χ1v) is 8.45. The van der Waals surface area contributed by atoms with Gasteiger partial charge in [0, 0.05) is 28.9 Å². The molecule has 2 aliphatic rings. The summed E-state index contributed by atoms with van der Waals surface area (Å²) in [4.78, 5) is 9.09. The molecule has 3 aromatic rings. The summed E-state index contributed by atoms with van der Waals surface area (Å²) in [6, 6.07) is 14.0. The Morgan fingerprint density at radius 2 is 1.96 bits per heavy atom. The van der Waals surface area contributed by atoms with Crippen molar-refractivity contribution in [2.45, 2.75) is 24.4 Å². The van der Waals surface area contributed by atoms with Crippen molar-refractivity contribution in [2.75, 3.05) is 5.32 Å². The van der Waals surface area contributed by atoms with Crippen molar-refractivity contribution in [2.24, 2.45) is 10.7 Å². The number of aromatic amines is 1. The number of amidine groups is 1. The lowest BCUT2D eigenvalue weighted by atomic mass is 9.93. The second-order valence-electron chi connectivity index (χ2n) is 6.60. The average Bonchev–Trinajstić information content (AvgIpc) is 3.39. The number of hydrogen-bond acceptors (Lipinski definition) is 5. The Labute approximate surface area is 145 Å². The van der Waals surface area contributed by atoms with E-state index in [2.05, 4.69) is 26.6 Å². The Hall–Kier alpha value is -3.15. The molecular weight excluding hydrogens is 312 g/mol. The van der Waals surface area contributed by atoms with Gasteiger partial charge in [-0.1, -0.05) is 30.3 Å². The lowest BCUT2D eigenvalue weighted by Gasteiger charge is -2.35.